The van der Waals surface area contributed by atoms with Crippen molar-refractivity contribution in [2.45, 2.75) is 17.4 Å². The summed E-state index contributed by atoms with van der Waals surface area (Å²) in [6.45, 7) is -0.414. The van der Waals surface area contributed by atoms with Crippen molar-refractivity contribution in [3.8, 4) is 5.75 Å². The van der Waals surface area contributed by atoms with Gasteiger partial charge in [-0.1, -0.05) is 28.1 Å². The van der Waals surface area contributed by atoms with Gasteiger partial charge in [-0.15, -0.1) is 0 Å². The average Bonchev–Trinajstić information content (AvgIpc) is 3.24. The maximum atomic E-state index is 12.5. The molecule has 0 aromatic heterocycles. The van der Waals surface area contributed by atoms with Crippen molar-refractivity contribution in [2.75, 3.05) is 19.0 Å². The van der Waals surface area contributed by atoms with Crippen LogP contribution >= 0.6 is 15.9 Å². The summed E-state index contributed by atoms with van der Waals surface area (Å²) in [6, 6.07) is 6.96. The van der Waals surface area contributed by atoms with Crippen LogP contribution in [0.4, 0.5) is 5.69 Å². The predicted molar refractivity (Wildman–Crippen MR) is 93.8 cm³/mol. The molecular weight excluding hydrogens is 406 g/mol. The molecule has 6 atom stereocenters. The lowest BCUT2D eigenvalue weighted by Gasteiger charge is -2.26. The third-order valence-corrected chi connectivity index (χ3v) is 6.72. The molecule has 1 amide bonds. The molecule has 2 bridgehead atoms. The highest BCUT2D eigenvalue weighted by Gasteiger charge is 2.68. The van der Waals surface area contributed by atoms with Crippen LogP contribution in [-0.2, 0) is 23.9 Å². The lowest BCUT2D eigenvalue weighted by Crippen LogP contribution is -2.39. The molecule has 0 spiro atoms. The van der Waals surface area contributed by atoms with Crippen LogP contribution in [0.2, 0.25) is 0 Å². The summed E-state index contributed by atoms with van der Waals surface area (Å²) in [4.78, 5) is 36.7. The van der Waals surface area contributed by atoms with Crippen molar-refractivity contribution in [3.05, 3.63) is 24.3 Å². The minimum Gasteiger partial charge on any atom is -0.495 e. The minimum absolute atomic E-state index is 0.00577. The van der Waals surface area contributed by atoms with Gasteiger partial charge in [0, 0.05) is 5.92 Å². The number of halogens is 1. The fourth-order valence-electron chi connectivity index (χ4n) is 4.46. The molecule has 1 saturated heterocycles. The number of alkyl halides is 1. The molecular formula is C18H18BrNO6. The Morgan fingerprint density at radius 2 is 2.08 bits per heavy atom. The van der Waals surface area contributed by atoms with Gasteiger partial charge >= 0.3 is 11.9 Å². The van der Waals surface area contributed by atoms with Crippen molar-refractivity contribution in [1.82, 2.24) is 0 Å². The zero-order chi connectivity index (χ0) is 18.4. The molecule has 1 aliphatic heterocycles. The summed E-state index contributed by atoms with van der Waals surface area (Å²) < 4.78 is 15.8. The first-order chi connectivity index (χ1) is 12.5. The van der Waals surface area contributed by atoms with Crippen molar-refractivity contribution < 1.29 is 28.6 Å². The number of hydrogen-bond acceptors (Lipinski definition) is 6. The molecule has 8 heteroatoms. The van der Waals surface area contributed by atoms with E-state index < -0.39 is 30.3 Å². The van der Waals surface area contributed by atoms with Crippen LogP contribution < -0.4 is 10.1 Å². The summed E-state index contributed by atoms with van der Waals surface area (Å²) in [5.41, 5.74) is 0.499. The van der Waals surface area contributed by atoms with Gasteiger partial charge in [0.25, 0.3) is 5.91 Å². The van der Waals surface area contributed by atoms with E-state index in [0.29, 0.717) is 11.4 Å². The Morgan fingerprint density at radius 3 is 2.85 bits per heavy atom. The number of para-hydroxylation sites is 2. The standard InChI is InChI=1S/C18H18BrNO6/c1-24-11-5-3-2-4-10(11)20-12(21)7-25-17(22)13-8-6-9-14(13)18(23)26-16(9)15(8)19/h2-5,8-9,13-16H,6-7H2,1H3,(H,20,21)/t8-,9+,13+,14-,15+,16-/m0/s1. The van der Waals surface area contributed by atoms with Gasteiger partial charge in [-0.3, -0.25) is 14.4 Å². The molecule has 3 aliphatic rings. The molecule has 3 fully saturated rings. The first-order valence-electron chi connectivity index (χ1n) is 8.45. The van der Waals surface area contributed by atoms with Crippen LogP contribution in [0.3, 0.4) is 0 Å². The molecule has 0 radical (unpaired) electrons. The SMILES string of the molecule is COc1ccccc1NC(=O)COC(=O)[C@@H]1[C@@H]2C[C@H]3[C@H](OC(=O)[C@@H]31)[C@@H]2Br. The lowest BCUT2D eigenvalue weighted by molar-refractivity contribution is -0.157. The number of rotatable bonds is 5. The number of anilines is 1. The highest BCUT2D eigenvalue weighted by atomic mass is 79.9. The molecule has 2 aliphatic carbocycles. The van der Waals surface area contributed by atoms with Gasteiger partial charge in [0.2, 0.25) is 0 Å². The third kappa shape index (κ3) is 2.67. The monoisotopic (exact) mass is 423 g/mol. The number of carbonyl (C=O) groups excluding carboxylic acids is 3. The minimum atomic E-state index is -0.547. The molecule has 1 aromatic rings. The van der Waals surface area contributed by atoms with Gasteiger partial charge in [-0.25, -0.2) is 0 Å². The number of hydrogen-bond donors (Lipinski definition) is 1. The highest BCUT2D eigenvalue weighted by molar-refractivity contribution is 9.09. The molecule has 7 nitrogen and oxygen atoms in total. The summed E-state index contributed by atoms with van der Waals surface area (Å²) >= 11 is 3.55. The van der Waals surface area contributed by atoms with E-state index in [0.717, 1.165) is 6.42 Å². The summed E-state index contributed by atoms with van der Waals surface area (Å²) in [5, 5.41) is 2.65. The maximum Gasteiger partial charge on any atom is 0.310 e. The van der Waals surface area contributed by atoms with Gasteiger partial charge in [0.15, 0.2) is 6.61 Å². The smallest absolute Gasteiger partial charge is 0.310 e. The molecule has 1 heterocycles. The maximum absolute atomic E-state index is 12.5. The fourth-order valence-corrected chi connectivity index (χ4v) is 5.51. The van der Waals surface area contributed by atoms with E-state index in [9.17, 15) is 14.4 Å². The van der Waals surface area contributed by atoms with Crippen molar-refractivity contribution in [2.24, 2.45) is 23.7 Å². The highest BCUT2D eigenvalue weighted by Crippen LogP contribution is 2.60. The van der Waals surface area contributed by atoms with E-state index in [4.69, 9.17) is 14.2 Å². The van der Waals surface area contributed by atoms with E-state index in [1.165, 1.54) is 7.11 Å². The van der Waals surface area contributed by atoms with Crippen molar-refractivity contribution in [3.63, 3.8) is 0 Å². The molecule has 26 heavy (non-hydrogen) atoms. The Hall–Kier alpha value is -2.09. The van der Waals surface area contributed by atoms with E-state index >= 15 is 0 Å². The van der Waals surface area contributed by atoms with E-state index in [2.05, 4.69) is 21.2 Å². The van der Waals surface area contributed by atoms with Crippen LogP contribution in [0.25, 0.3) is 0 Å². The summed E-state index contributed by atoms with van der Waals surface area (Å²) in [7, 11) is 1.50. The number of carbonyl (C=O) groups is 3. The largest absolute Gasteiger partial charge is 0.495 e. The van der Waals surface area contributed by atoms with E-state index in [1.54, 1.807) is 24.3 Å². The lowest BCUT2D eigenvalue weighted by atomic mass is 9.80. The normalized spacial score (nSPS) is 33.7. The van der Waals surface area contributed by atoms with Gasteiger partial charge < -0.3 is 19.5 Å². The summed E-state index contributed by atoms with van der Waals surface area (Å²) in [5.74, 6) is -1.71. The van der Waals surface area contributed by atoms with Crippen LogP contribution in [0, 0.1) is 23.7 Å². The summed E-state index contributed by atoms with van der Waals surface area (Å²) in [6.07, 6.45) is 0.625. The van der Waals surface area contributed by atoms with E-state index in [1.807, 2.05) is 0 Å². The Bertz CT molecular complexity index is 768. The fraction of sp³-hybridized carbons (Fsp3) is 0.500. The van der Waals surface area contributed by atoms with Gasteiger partial charge in [-0.05, 0) is 24.5 Å². The Balaban J connectivity index is 1.37. The molecule has 4 rings (SSSR count). The van der Waals surface area contributed by atoms with Crippen LogP contribution in [0.1, 0.15) is 6.42 Å². The number of fused-ring (bicyclic) bond motifs is 1. The van der Waals surface area contributed by atoms with E-state index in [-0.39, 0.29) is 28.7 Å². The third-order valence-electron chi connectivity index (χ3n) is 5.52. The Kier molecular flexibility index (Phi) is 4.38. The van der Waals surface area contributed by atoms with Crippen LogP contribution in [0.15, 0.2) is 24.3 Å². The molecule has 1 N–H and O–H groups in total. The molecule has 1 aromatic carbocycles. The number of esters is 2. The molecule has 2 saturated carbocycles. The number of amides is 1. The number of methoxy groups -OCH3 is 1. The van der Waals surface area contributed by atoms with Crippen molar-refractivity contribution >= 4 is 39.5 Å². The number of nitrogens with one attached hydrogen (secondary N) is 1. The van der Waals surface area contributed by atoms with Crippen LogP contribution in [0.5, 0.6) is 5.75 Å². The number of benzene rings is 1. The topological polar surface area (TPSA) is 90.9 Å². The van der Waals surface area contributed by atoms with Gasteiger partial charge in [0.1, 0.15) is 11.9 Å². The quantitative estimate of drug-likeness (QED) is 0.572. The second-order valence-electron chi connectivity index (χ2n) is 6.82. The second-order valence-corrected chi connectivity index (χ2v) is 7.87. The predicted octanol–water partition coefficient (Wildman–Crippen LogP) is 1.75. The molecule has 138 valence electrons. The first-order valence-corrected chi connectivity index (χ1v) is 9.37. The second kappa shape index (κ2) is 6.57. The Labute approximate surface area is 158 Å². The van der Waals surface area contributed by atoms with Crippen LogP contribution in [-0.4, -0.2) is 42.5 Å². The Morgan fingerprint density at radius 1 is 1.31 bits per heavy atom. The zero-order valence-corrected chi connectivity index (χ0v) is 15.6. The zero-order valence-electron chi connectivity index (χ0n) is 14.0. The average molecular weight is 424 g/mol. The van der Waals surface area contributed by atoms with Crippen molar-refractivity contribution in [1.29, 1.82) is 0 Å². The first kappa shape index (κ1) is 17.3. The molecule has 0 unspecified atom stereocenters. The van der Waals surface area contributed by atoms with Gasteiger partial charge in [0.05, 0.1) is 29.5 Å². The number of ether oxygens (including phenoxy) is 3. The van der Waals surface area contributed by atoms with Gasteiger partial charge in [-0.2, -0.15) is 0 Å².